The van der Waals surface area contributed by atoms with Crippen molar-refractivity contribution in [3.8, 4) is 0 Å². The number of hydrogen-bond donors (Lipinski definition) is 1. The lowest BCUT2D eigenvalue weighted by Gasteiger charge is -2.24. The number of rotatable bonds is 2. The van der Waals surface area contributed by atoms with Crippen molar-refractivity contribution in [1.29, 1.82) is 0 Å². The fourth-order valence-electron chi connectivity index (χ4n) is 1.99. The molecule has 1 saturated heterocycles. The van der Waals surface area contributed by atoms with Gasteiger partial charge in [0.2, 0.25) is 5.95 Å². The predicted molar refractivity (Wildman–Crippen MR) is 66.7 cm³/mol. The number of aliphatic hydroxyl groups excluding tert-OH is 1. The van der Waals surface area contributed by atoms with Crippen LogP contribution < -0.4 is 4.90 Å². The molecule has 2 atom stereocenters. The summed E-state index contributed by atoms with van der Waals surface area (Å²) in [4.78, 5) is 10.7. The summed E-state index contributed by atoms with van der Waals surface area (Å²) in [5.41, 5.74) is 0. The van der Waals surface area contributed by atoms with E-state index in [1.165, 1.54) is 0 Å². The van der Waals surface area contributed by atoms with Crippen LogP contribution >= 0.6 is 22.6 Å². The highest BCUT2D eigenvalue weighted by molar-refractivity contribution is 14.1. The van der Waals surface area contributed by atoms with Crippen LogP contribution in [0.1, 0.15) is 13.3 Å². The van der Waals surface area contributed by atoms with Gasteiger partial charge in [0.15, 0.2) is 0 Å². The van der Waals surface area contributed by atoms with Gasteiger partial charge in [0.25, 0.3) is 0 Å². The molecule has 4 nitrogen and oxygen atoms in total. The van der Waals surface area contributed by atoms with Gasteiger partial charge in [-0.15, -0.1) is 0 Å². The molecule has 0 spiro atoms. The molecule has 0 aromatic carbocycles. The Morgan fingerprint density at radius 1 is 1.53 bits per heavy atom. The van der Waals surface area contributed by atoms with Gasteiger partial charge in [-0.25, -0.2) is 9.97 Å². The van der Waals surface area contributed by atoms with Crippen LogP contribution in [0.4, 0.5) is 5.95 Å². The van der Waals surface area contributed by atoms with Gasteiger partial charge in [0.1, 0.15) is 0 Å². The molecule has 82 valence electrons. The van der Waals surface area contributed by atoms with Gasteiger partial charge in [-0.1, -0.05) is 6.92 Å². The van der Waals surface area contributed by atoms with E-state index in [9.17, 15) is 5.11 Å². The molecule has 0 saturated carbocycles. The first-order chi connectivity index (χ1) is 7.22. The second-order valence-corrected chi connectivity index (χ2v) is 5.16. The first-order valence-electron chi connectivity index (χ1n) is 5.07. The van der Waals surface area contributed by atoms with Crippen LogP contribution in [0.3, 0.4) is 0 Å². The SMILES string of the molecule is CC1CCN(c2ncc(I)cn2)C1CO. The molecular formula is C10H14IN3O. The molecule has 1 aliphatic rings. The summed E-state index contributed by atoms with van der Waals surface area (Å²) in [5.74, 6) is 1.25. The van der Waals surface area contributed by atoms with Crippen molar-refractivity contribution >= 4 is 28.5 Å². The highest BCUT2D eigenvalue weighted by atomic mass is 127. The molecule has 2 rings (SSSR count). The number of aliphatic hydroxyl groups is 1. The summed E-state index contributed by atoms with van der Waals surface area (Å²) in [6, 6.07) is 0.171. The van der Waals surface area contributed by atoms with E-state index in [0.717, 1.165) is 22.5 Å². The molecule has 0 radical (unpaired) electrons. The molecule has 5 heteroatoms. The third-order valence-electron chi connectivity index (χ3n) is 2.93. The van der Waals surface area contributed by atoms with E-state index >= 15 is 0 Å². The Hall–Kier alpha value is -0.430. The lowest BCUT2D eigenvalue weighted by atomic mass is 10.0. The maximum absolute atomic E-state index is 9.32. The van der Waals surface area contributed by atoms with Gasteiger partial charge in [-0.3, -0.25) is 0 Å². The van der Waals surface area contributed by atoms with Crippen LogP contribution in [-0.2, 0) is 0 Å². The first kappa shape index (κ1) is 11.1. The van der Waals surface area contributed by atoms with E-state index in [-0.39, 0.29) is 12.6 Å². The van der Waals surface area contributed by atoms with Crippen molar-refractivity contribution in [2.45, 2.75) is 19.4 Å². The molecule has 2 unspecified atom stereocenters. The van der Waals surface area contributed by atoms with Crippen molar-refractivity contribution in [2.75, 3.05) is 18.1 Å². The predicted octanol–water partition coefficient (Wildman–Crippen LogP) is 1.29. The average molecular weight is 319 g/mol. The number of nitrogens with zero attached hydrogens (tertiary/aromatic N) is 3. The highest BCUT2D eigenvalue weighted by Crippen LogP contribution is 2.26. The van der Waals surface area contributed by atoms with Crippen molar-refractivity contribution in [3.63, 3.8) is 0 Å². The third-order valence-corrected chi connectivity index (χ3v) is 3.49. The van der Waals surface area contributed by atoms with E-state index < -0.39 is 0 Å². The van der Waals surface area contributed by atoms with Crippen molar-refractivity contribution in [3.05, 3.63) is 16.0 Å². The van der Waals surface area contributed by atoms with Crippen molar-refractivity contribution in [2.24, 2.45) is 5.92 Å². The second-order valence-electron chi connectivity index (χ2n) is 3.91. The van der Waals surface area contributed by atoms with E-state index in [1.807, 2.05) is 0 Å². The maximum Gasteiger partial charge on any atom is 0.225 e. The Bertz CT molecular complexity index is 330. The number of aromatic nitrogens is 2. The molecule has 1 N–H and O–H groups in total. The Kier molecular flexibility index (Phi) is 3.40. The Balaban J connectivity index is 2.20. The molecular weight excluding hydrogens is 305 g/mol. The lowest BCUT2D eigenvalue weighted by Crippen LogP contribution is -2.36. The zero-order chi connectivity index (χ0) is 10.8. The summed E-state index contributed by atoms with van der Waals surface area (Å²) in [6.45, 7) is 3.27. The minimum atomic E-state index is 0.171. The molecule has 1 aromatic heterocycles. The van der Waals surface area contributed by atoms with E-state index in [0.29, 0.717) is 5.92 Å². The lowest BCUT2D eigenvalue weighted by molar-refractivity contribution is 0.244. The van der Waals surface area contributed by atoms with Crippen LogP contribution in [0.15, 0.2) is 12.4 Å². The molecule has 0 bridgehead atoms. The van der Waals surface area contributed by atoms with E-state index in [1.54, 1.807) is 12.4 Å². The molecule has 1 aromatic rings. The van der Waals surface area contributed by atoms with E-state index in [2.05, 4.69) is 44.4 Å². The minimum Gasteiger partial charge on any atom is -0.394 e. The van der Waals surface area contributed by atoms with Gasteiger partial charge in [0.05, 0.1) is 12.6 Å². The quantitative estimate of drug-likeness (QED) is 0.835. The monoisotopic (exact) mass is 319 g/mol. The standard InChI is InChI=1S/C10H14IN3O/c1-7-2-3-14(9(7)6-15)10-12-4-8(11)5-13-10/h4-5,7,9,15H,2-3,6H2,1H3. The van der Waals surface area contributed by atoms with Gasteiger partial charge in [-0.05, 0) is 34.9 Å². The summed E-state index contributed by atoms with van der Waals surface area (Å²) < 4.78 is 1.03. The average Bonchev–Trinajstić information content (AvgIpc) is 2.61. The maximum atomic E-state index is 9.32. The summed E-state index contributed by atoms with van der Waals surface area (Å²) in [7, 11) is 0. The highest BCUT2D eigenvalue weighted by Gasteiger charge is 2.31. The van der Waals surface area contributed by atoms with Crippen LogP contribution in [0.5, 0.6) is 0 Å². The number of hydrogen-bond acceptors (Lipinski definition) is 4. The number of anilines is 1. The Labute approximate surface area is 103 Å². The zero-order valence-electron chi connectivity index (χ0n) is 8.60. The Morgan fingerprint density at radius 2 is 2.20 bits per heavy atom. The smallest absolute Gasteiger partial charge is 0.225 e. The summed E-state index contributed by atoms with van der Waals surface area (Å²) in [5, 5.41) is 9.32. The zero-order valence-corrected chi connectivity index (χ0v) is 10.8. The topological polar surface area (TPSA) is 49.2 Å². The second kappa shape index (κ2) is 4.61. The molecule has 0 amide bonds. The largest absolute Gasteiger partial charge is 0.394 e. The van der Waals surface area contributed by atoms with Crippen LogP contribution in [-0.4, -0.2) is 34.3 Å². The molecule has 0 aliphatic carbocycles. The van der Waals surface area contributed by atoms with Crippen molar-refractivity contribution < 1.29 is 5.11 Å². The fourth-order valence-corrected chi connectivity index (χ4v) is 2.27. The first-order valence-corrected chi connectivity index (χ1v) is 6.15. The van der Waals surface area contributed by atoms with Crippen LogP contribution in [0, 0.1) is 9.49 Å². The third kappa shape index (κ3) is 2.23. The van der Waals surface area contributed by atoms with Gasteiger partial charge in [0, 0.05) is 22.5 Å². The van der Waals surface area contributed by atoms with Crippen molar-refractivity contribution in [1.82, 2.24) is 9.97 Å². The normalized spacial score (nSPS) is 25.9. The summed E-state index contributed by atoms with van der Waals surface area (Å²) >= 11 is 2.19. The van der Waals surface area contributed by atoms with Gasteiger partial charge < -0.3 is 10.0 Å². The van der Waals surface area contributed by atoms with E-state index in [4.69, 9.17) is 0 Å². The van der Waals surface area contributed by atoms with Gasteiger partial charge >= 0.3 is 0 Å². The minimum absolute atomic E-state index is 0.171. The molecule has 1 fully saturated rings. The molecule has 15 heavy (non-hydrogen) atoms. The fraction of sp³-hybridized carbons (Fsp3) is 0.600. The molecule has 1 aliphatic heterocycles. The van der Waals surface area contributed by atoms with Crippen LogP contribution in [0.2, 0.25) is 0 Å². The number of halogens is 1. The Morgan fingerprint density at radius 3 is 2.80 bits per heavy atom. The summed E-state index contributed by atoms with van der Waals surface area (Å²) in [6.07, 6.45) is 4.71. The van der Waals surface area contributed by atoms with Crippen LogP contribution in [0.25, 0.3) is 0 Å². The molecule has 2 heterocycles. The van der Waals surface area contributed by atoms with Gasteiger partial charge in [-0.2, -0.15) is 0 Å².